The highest BCUT2D eigenvalue weighted by molar-refractivity contribution is 4.73. The molecule has 0 N–H and O–H groups in total. The first-order valence-electron chi connectivity index (χ1n) is 3.03. The zero-order valence-electron chi connectivity index (χ0n) is 5.37. The molecule has 1 rings (SSSR count). The smallest absolute Gasteiger partial charge is 0.240 e. The SMILES string of the molecule is FC(F)CCn1ccnc1. The van der Waals surface area contributed by atoms with Gasteiger partial charge in [0, 0.05) is 25.4 Å². The molecule has 0 saturated heterocycles. The molecule has 4 heteroatoms. The zero-order valence-corrected chi connectivity index (χ0v) is 5.37. The van der Waals surface area contributed by atoms with Crippen LogP contribution in [0, 0.1) is 0 Å². The molecule has 0 unspecified atom stereocenters. The number of halogens is 2. The largest absolute Gasteiger partial charge is 0.337 e. The van der Waals surface area contributed by atoms with Crippen molar-refractivity contribution in [2.45, 2.75) is 19.4 Å². The van der Waals surface area contributed by atoms with E-state index < -0.39 is 6.43 Å². The molecule has 0 spiro atoms. The van der Waals surface area contributed by atoms with Crippen LogP contribution in [0.1, 0.15) is 6.42 Å². The van der Waals surface area contributed by atoms with Crippen LogP contribution in [0.4, 0.5) is 8.78 Å². The van der Waals surface area contributed by atoms with Crippen molar-refractivity contribution in [3.05, 3.63) is 18.7 Å². The first-order valence-corrected chi connectivity index (χ1v) is 3.03. The normalized spacial score (nSPS) is 10.7. The summed E-state index contributed by atoms with van der Waals surface area (Å²) in [6.45, 7) is 0.345. The molecule has 0 fully saturated rings. The second-order valence-corrected chi connectivity index (χ2v) is 1.98. The minimum atomic E-state index is -2.22. The van der Waals surface area contributed by atoms with Crippen molar-refractivity contribution in [2.24, 2.45) is 0 Å². The van der Waals surface area contributed by atoms with Gasteiger partial charge in [0.15, 0.2) is 0 Å². The number of hydrogen-bond acceptors (Lipinski definition) is 1. The lowest BCUT2D eigenvalue weighted by Gasteiger charge is -1.98. The van der Waals surface area contributed by atoms with Crippen molar-refractivity contribution < 1.29 is 8.78 Å². The summed E-state index contributed by atoms with van der Waals surface area (Å²) in [5, 5.41) is 0. The Morgan fingerprint density at radius 3 is 2.80 bits per heavy atom. The molecule has 2 nitrogen and oxygen atoms in total. The molecule has 0 bridgehead atoms. The molecule has 0 aliphatic heterocycles. The van der Waals surface area contributed by atoms with Crippen LogP contribution >= 0.6 is 0 Å². The van der Waals surface area contributed by atoms with Crippen LogP contribution in [0.5, 0.6) is 0 Å². The van der Waals surface area contributed by atoms with Crippen LogP contribution in [0.25, 0.3) is 0 Å². The second-order valence-electron chi connectivity index (χ2n) is 1.98. The number of nitrogens with zero attached hydrogens (tertiary/aromatic N) is 2. The number of imidazole rings is 1. The minimum absolute atomic E-state index is 0.101. The Labute approximate surface area is 57.5 Å². The summed E-state index contributed by atoms with van der Waals surface area (Å²) >= 11 is 0. The molecular weight excluding hydrogens is 138 g/mol. The van der Waals surface area contributed by atoms with Crippen LogP contribution in [0.2, 0.25) is 0 Å². The molecule has 0 aromatic carbocycles. The van der Waals surface area contributed by atoms with E-state index in [1.807, 2.05) is 0 Å². The lowest BCUT2D eigenvalue weighted by atomic mass is 10.4. The van der Waals surface area contributed by atoms with Gasteiger partial charge in [-0.05, 0) is 0 Å². The van der Waals surface area contributed by atoms with Gasteiger partial charge >= 0.3 is 0 Å². The van der Waals surface area contributed by atoms with E-state index in [9.17, 15) is 8.78 Å². The summed E-state index contributed by atoms with van der Waals surface area (Å²) in [5.74, 6) is 0. The molecule has 0 amide bonds. The maximum Gasteiger partial charge on any atom is 0.240 e. The van der Waals surface area contributed by atoms with E-state index in [1.165, 1.54) is 6.33 Å². The van der Waals surface area contributed by atoms with Gasteiger partial charge in [0.25, 0.3) is 0 Å². The van der Waals surface area contributed by atoms with Gasteiger partial charge in [0.2, 0.25) is 6.43 Å². The van der Waals surface area contributed by atoms with Crippen molar-refractivity contribution in [3.8, 4) is 0 Å². The van der Waals surface area contributed by atoms with Crippen LogP contribution in [0.3, 0.4) is 0 Å². The zero-order chi connectivity index (χ0) is 7.40. The topological polar surface area (TPSA) is 17.8 Å². The summed E-state index contributed by atoms with van der Waals surface area (Å²) in [6, 6.07) is 0. The first kappa shape index (κ1) is 7.18. The lowest BCUT2D eigenvalue weighted by molar-refractivity contribution is 0.131. The molecule has 56 valence electrons. The fraction of sp³-hybridized carbons (Fsp3) is 0.500. The monoisotopic (exact) mass is 146 g/mol. The van der Waals surface area contributed by atoms with Gasteiger partial charge in [-0.3, -0.25) is 0 Å². The Kier molecular flexibility index (Phi) is 2.36. The molecule has 0 aliphatic rings. The molecule has 1 aromatic heterocycles. The summed E-state index contributed by atoms with van der Waals surface area (Å²) in [7, 11) is 0. The maximum absolute atomic E-state index is 11.6. The number of aryl methyl sites for hydroxylation is 1. The van der Waals surface area contributed by atoms with Crippen LogP contribution < -0.4 is 0 Å². The third-order valence-corrected chi connectivity index (χ3v) is 1.16. The van der Waals surface area contributed by atoms with Gasteiger partial charge in [-0.1, -0.05) is 0 Å². The fourth-order valence-electron chi connectivity index (χ4n) is 0.666. The second kappa shape index (κ2) is 3.29. The lowest BCUT2D eigenvalue weighted by Crippen LogP contribution is -1.99. The first-order chi connectivity index (χ1) is 4.79. The van der Waals surface area contributed by atoms with E-state index in [4.69, 9.17) is 0 Å². The third kappa shape index (κ3) is 2.13. The Balaban J connectivity index is 2.28. The number of rotatable bonds is 3. The van der Waals surface area contributed by atoms with E-state index >= 15 is 0 Å². The fourth-order valence-corrected chi connectivity index (χ4v) is 0.666. The minimum Gasteiger partial charge on any atom is -0.337 e. The molecule has 0 aliphatic carbocycles. The van der Waals surface area contributed by atoms with Gasteiger partial charge < -0.3 is 4.57 Å². The van der Waals surface area contributed by atoms with Gasteiger partial charge in [-0.15, -0.1) is 0 Å². The van der Waals surface area contributed by atoms with E-state index in [0.717, 1.165) is 0 Å². The van der Waals surface area contributed by atoms with Crippen molar-refractivity contribution in [3.63, 3.8) is 0 Å². The van der Waals surface area contributed by atoms with Crippen LogP contribution in [0.15, 0.2) is 18.7 Å². The quantitative estimate of drug-likeness (QED) is 0.632. The van der Waals surface area contributed by atoms with Crippen molar-refractivity contribution in [2.75, 3.05) is 0 Å². The standard InChI is InChI=1S/C6H8F2N2/c7-6(8)1-3-10-4-2-9-5-10/h2,4-6H,1,3H2. The van der Waals surface area contributed by atoms with E-state index in [1.54, 1.807) is 17.0 Å². The van der Waals surface area contributed by atoms with Crippen molar-refractivity contribution in [1.29, 1.82) is 0 Å². The van der Waals surface area contributed by atoms with E-state index in [0.29, 0.717) is 6.54 Å². The molecule has 1 aromatic rings. The van der Waals surface area contributed by atoms with Gasteiger partial charge in [-0.2, -0.15) is 0 Å². The molecule has 1 heterocycles. The summed E-state index contributed by atoms with van der Waals surface area (Å²) in [5.41, 5.74) is 0. The van der Waals surface area contributed by atoms with Crippen molar-refractivity contribution in [1.82, 2.24) is 9.55 Å². The summed E-state index contributed by atoms with van der Waals surface area (Å²) < 4.78 is 24.8. The average Bonchev–Trinajstić information content (AvgIpc) is 2.34. The van der Waals surface area contributed by atoms with Crippen LogP contribution in [-0.2, 0) is 6.54 Å². The molecule has 0 radical (unpaired) electrons. The highest BCUT2D eigenvalue weighted by Crippen LogP contribution is 2.00. The van der Waals surface area contributed by atoms with E-state index in [-0.39, 0.29) is 6.42 Å². The van der Waals surface area contributed by atoms with Gasteiger partial charge in [-0.25, -0.2) is 13.8 Å². The number of alkyl halides is 2. The Hall–Kier alpha value is -0.930. The Bertz CT molecular complexity index is 172. The molecular formula is C6H8F2N2. The molecule has 0 saturated carbocycles. The number of hydrogen-bond donors (Lipinski definition) is 0. The molecule has 10 heavy (non-hydrogen) atoms. The highest BCUT2D eigenvalue weighted by Gasteiger charge is 2.00. The predicted molar refractivity (Wildman–Crippen MR) is 32.8 cm³/mol. The van der Waals surface area contributed by atoms with Crippen LogP contribution in [-0.4, -0.2) is 16.0 Å². The summed E-state index contributed by atoms with van der Waals surface area (Å²) in [4.78, 5) is 3.72. The van der Waals surface area contributed by atoms with Crippen molar-refractivity contribution >= 4 is 0 Å². The number of aromatic nitrogens is 2. The average molecular weight is 146 g/mol. The van der Waals surface area contributed by atoms with Gasteiger partial charge in [0.05, 0.1) is 6.33 Å². The Morgan fingerprint density at radius 1 is 1.50 bits per heavy atom. The highest BCUT2D eigenvalue weighted by atomic mass is 19.3. The third-order valence-electron chi connectivity index (χ3n) is 1.16. The maximum atomic E-state index is 11.6. The predicted octanol–water partition coefficient (Wildman–Crippen LogP) is 1.54. The van der Waals surface area contributed by atoms with E-state index in [2.05, 4.69) is 4.98 Å². The van der Waals surface area contributed by atoms with Gasteiger partial charge in [0.1, 0.15) is 0 Å². The molecule has 0 atom stereocenters. The summed E-state index contributed by atoms with van der Waals surface area (Å²) in [6.07, 6.45) is 2.45. The Morgan fingerprint density at radius 2 is 2.30 bits per heavy atom.